The van der Waals surface area contributed by atoms with Crippen LogP contribution in [-0.4, -0.2) is 34.0 Å². The van der Waals surface area contributed by atoms with Crippen molar-refractivity contribution in [3.63, 3.8) is 0 Å². The summed E-state index contributed by atoms with van der Waals surface area (Å²) in [4.78, 5) is 28.9. The lowest BCUT2D eigenvalue weighted by Crippen LogP contribution is -2.29. The number of nitrogens with two attached hydrogens (primary N) is 1. The third kappa shape index (κ3) is 2.54. The molecule has 1 aromatic heterocycles. The van der Waals surface area contributed by atoms with E-state index >= 15 is 0 Å². The van der Waals surface area contributed by atoms with E-state index in [4.69, 9.17) is 5.73 Å². The van der Waals surface area contributed by atoms with Gasteiger partial charge in [-0.15, -0.1) is 0 Å². The normalized spacial score (nSPS) is 22.1. The van der Waals surface area contributed by atoms with E-state index in [0.29, 0.717) is 12.2 Å². The Morgan fingerprint density at radius 1 is 1.47 bits per heavy atom. The van der Waals surface area contributed by atoms with E-state index in [1.54, 1.807) is 0 Å². The third-order valence-electron chi connectivity index (χ3n) is 2.52. The minimum Gasteiger partial charge on any atom is -0.326 e. The van der Waals surface area contributed by atoms with Crippen LogP contribution >= 0.6 is 0 Å². The summed E-state index contributed by atoms with van der Waals surface area (Å²) in [5.41, 5.74) is 5.57. The van der Waals surface area contributed by atoms with Gasteiger partial charge < -0.3 is 10.7 Å². The summed E-state index contributed by atoms with van der Waals surface area (Å²) in [5, 5.41) is 0. The van der Waals surface area contributed by atoms with Crippen molar-refractivity contribution >= 4 is 0 Å². The zero-order valence-corrected chi connectivity index (χ0v) is 8.32. The van der Waals surface area contributed by atoms with Gasteiger partial charge in [-0.1, -0.05) is 0 Å². The van der Waals surface area contributed by atoms with Gasteiger partial charge in [-0.2, -0.15) is 0 Å². The molecule has 0 amide bonds. The minimum absolute atomic E-state index is 0.207. The largest absolute Gasteiger partial charge is 0.326 e. The van der Waals surface area contributed by atoms with Crippen LogP contribution in [0.1, 0.15) is 12.1 Å². The van der Waals surface area contributed by atoms with E-state index in [0.717, 1.165) is 19.5 Å². The average Bonchev–Trinajstić information content (AvgIpc) is 2.49. The summed E-state index contributed by atoms with van der Waals surface area (Å²) >= 11 is 0. The summed E-state index contributed by atoms with van der Waals surface area (Å²) in [6.45, 7) is 2.30. The fraction of sp³-hybridized carbons (Fsp3) is 0.556. The van der Waals surface area contributed by atoms with Gasteiger partial charge >= 0.3 is 5.69 Å². The summed E-state index contributed by atoms with van der Waals surface area (Å²) in [6, 6.07) is 1.62. The number of hydrogen-bond acceptors (Lipinski definition) is 4. The quantitative estimate of drug-likeness (QED) is 0.559. The SMILES string of the molecule is N[C@@H]1CCN(Cc2cc(=O)[nH]c(=O)[nH]2)C1. The molecule has 82 valence electrons. The van der Waals surface area contributed by atoms with Gasteiger partial charge in [0.1, 0.15) is 0 Å². The van der Waals surface area contributed by atoms with Crippen LogP contribution in [0.25, 0.3) is 0 Å². The van der Waals surface area contributed by atoms with Crippen molar-refractivity contribution in [1.82, 2.24) is 14.9 Å². The molecule has 1 aliphatic rings. The Balaban J connectivity index is 2.11. The molecule has 0 spiro atoms. The van der Waals surface area contributed by atoms with Crippen LogP contribution in [0.2, 0.25) is 0 Å². The molecular weight excluding hydrogens is 196 g/mol. The van der Waals surface area contributed by atoms with Crippen molar-refractivity contribution in [3.05, 3.63) is 32.6 Å². The van der Waals surface area contributed by atoms with Crippen LogP contribution in [0.15, 0.2) is 15.7 Å². The number of H-pyrrole nitrogens is 2. The molecule has 0 saturated carbocycles. The highest BCUT2D eigenvalue weighted by atomic mass is 16.2. The number of aromatic amines is 2. The molecule has 0 radical (unpaired) electrons. The smallest absolute Gasteiger partial charge is 0.325 e. The van der Waals surface area contributed by atoms with Gasteiger partial charge in [-0.05, 0) is 6.42 Å². The Morgan fingerprint density at radius 2 is 2.27 bits per heavy atom. The molecule has 15 heavy (non-hydrogen) atoms. The molecule has 1 fully saturated rings. The van der Waals surface area contributed by atoms with Crippen LogP contribution in [0.5, 0.6) is 0 Å². The number of nitrogens with zero attached hydrogens (tertiary/aromatic N) is 1. The number of hydrogen-bond donors (Lipinski definition) is 3. The molecule has 6 nitrogen and oxygen atoms in total. The predicted molar refractivity (Wildman–Crippen MR) is 55.6 cm³/mol. The lowest BCUT2D eigenvalue weighted by Gasteiger charge is -2.14. The third-order valence-corrected chi connectivity index (χ3v) is 2.52. The first-order chi connectivity index (χ1) is 7.13. The van der Waals surface area contributed by atoms with E-state index in [9.17, 15) is 9.59 Å². The van der Waals surface area contributed by atoms with Gasteiger partial charge in [-0.25, -0.2) is 4.79 Å². The molecule has 1 aliphatic heterocycles. The van der Waals surface area contributed by atoms with Gasteiger partial charge in [0.2, 0.25) is 0 Å². The molecule has 0 bridgehead atoms. The molecular formula is C9H14N4O2. The maximum absolute atomic E-state index is 11.0. The van der Waals surface area contributed by atoms with Crippen molar-refractivity contribution in [1.29, 1.82) is 0 Å². The lowest BCUT2D eigenvalue weighted by molar-refractivity contribution is 0.322. The summed E-state index contributed by atoms with van der Waals surface area (Å²) in [7, 11) is 0. The van der Waals surface area contributed by atoms with E-state index in [2.05, 4.69) is 14.9 Å². The number of nitrogens with one attached hydrogen (secondary N) is 2. The highest BCUT2D eigenvalue weighted by Crippen LogP contribution is 2.09. The van der Waals surface area contributed by atoms with E-state index in [1.165, 1.54) is 6.07 Å². The zero-order chi connectivity index (χ0) is 10.8. The predicted octanol–water partition coefficient (Wildman–Crippen LogP) is -1.40. The number of aromatic nitrogens is 2. The van der Waals surface area contributed by atoms with Gasteiger partial charge in [0, 0.05) is 37.4 Å². The molecule has 6 heteroatoms. The highest BCUT2D eigenvalue weighted by Gasteiger charge is 2.19. The topological polar surface area (TPSA) is 95.0 Å². The zero-order valence-electron chi connectivity index (χ0n) is 8.32. The second-order valence-electron chi connectivity index (χ2n) is 3.90. The standard InChI is InChI=1S/C9H14N4O2/c10-6-1-2-13(4-6)5-7-3-8(14)12-9(15)11-7/h3,6H,1-2,4-5,10H2,(H2,11,12,14,15)/t6-/m1/s1. The Hall–Kier alpha value is -1.40. The van der Waals surface area contributed by atoms with Crippen molar-refractivity contribution in [2.45, 2.75) is 19.0 Å². The first kappa shape index (κ1) is 10.1. The van der Waals surface area contributed by atoms with Crippen LogP contribution in [0, 0.1) is 0 Å². The summed E-state index contributed by atoms with van der Waals surface area (Å²) < 4.78 is 0. The molecule has 1 saturated heterocycles. The lowest BCUT2D eigenvalue weighted by atomic mass is 10.3. The van der Waals surface area contributed by atoms with Crippen LogP contribution in [-0.2, 0) is 6.54 Å². The second-order valence-corrected chi connectivity index (χ2v) is 3.90. The van der Waals surface area contributed by atoms with Crippen molar-refractivity contribution < 1.29 is 0 Å². The van der Waals surface area contributed by atoms with Crippen molar-refractivity contribution in [2.24, 2.45) is 5.73 Å². The molecule has 0 aromatic carbocycles. The number of likely N-dealkylation sites (tertiary alicyclic amines) is 1. The van der Waals surface area contributed by atoms with E-state index < -0.39 is 5.69 Å². The molecule has 2 heterocycles. The van der Waals surface area contributed by atoms with E-state index in [1.807, 2.05) is 0 Å². The molecule has 4 N–H and O–H groups in total. The molecule has 2 rings (SSSR count). The maximum Gasteiger partial charge on any atom is 0.325 e. The summed E-state index contributed by atoms with van der Waals surface area (Å²) in [6.07, 6.45) is 0.966. The fourth-order valence-corrected chi connectivity index (χ4v) is 1.85. The number of rotatable bonds is 2. The van der Waals surface area contributed by atoms with Gasteiger partial charge in [0.25, 0.3) is 5.56 Å². The van der Waals surface area contributed by atoms with E-state index in [-0.39, 0.29) is 11.6 Å². The fourth-order valence-electron chi connectivity index (χ4n) is 1.85. The Kier molecular flexibility index (Phi) is 2.70. The monoisotopic (exact) mass is 210 g/mol. The molecule has 0 unspecified atom stereocenters. The molecule has 1 aromatic rings. The molecule has 0 aliphatic carbocycles. The first-order valence-electron chi connectivity index (χ1n) is 4.94. The maximum atomic E-state index is 11.0. The average molecular weight is 210 g/mol. The van der Waals surface area contributed by atoms with Gasteiger partial charge in [0.15, 0.2) is 0 Å². The minimum atomic E-state index is -0.457. The Bertz CT molecular complexity index is 422. The van der Waals surface area contributed by atoms with Crippen LogP contribution in [0.4, 0.5) is 0 Å². The van der Waals surface area contributed by atoms with Crippen LogP contribution < -0.4 is 17.0 Å². The van der Waals surface area contributed by atoms with Crippen molar-refractivity contribution in [2.75, 3.05) is 13.1 Å². The highest BCUT2D eigenvalue weighted by molar-refractivity contribution is 4.99. The Labute approximate surface area is 86.1 Å². The van der Waals surface area contributed by atoms with Crippen LogP contribution in [0.3, 0.4) is 0 Å². The first-order valence-corrected chi connectivity index (χ1v) is 4.94. The van der Waals surface area contributed by atoms with Crippen molar-refractivity contribution in [3.8, 4) is 0 Å². The summed E-state index contributed by atoms with van der Waals surface area (Å²) in [5.74, 6) is 0. The second kappa shape index (κ2) is 4.00. The molecule has 1 atom stereocenters. The van der Waals surface area contributed by atoms with Gasteiger partial charge in [-0.3, -0.25) is 14.7 Å². The van der Waals surface area contributed by atoms with Gasteiger partial charge in [0.05, 0.1) is 0 Å². The Morgan fingerprint density at radius 3 is 2.87 bits per heavy atom.